The van der Waals surface area contributed by atoms with Crippen LogP contribution in [0, 0.1) is 6.92 Å². The summed E-state index contributed by atoms with van der Waals surface area (Å²) >= 11 is 0. The molecule has 8 heteroatoms. The normalized spacial score (nSPS) is 15.7. The van der Waals surface area contributed by atoms with Gasteiger partial charge < -0.3 is 4.98 Å². The maximum absolute atomic E-state index is 11.7. The molecule has 1 rings (SSSR count). The lowest BCUT2D eigenvalue weighted by atomic mass is 10.3. The van der Waals surface area contributed by atoms with Crippen LogP contribution in [0.2, 0.25) is 0 Å². The van der Waals surface area contributed by atoms with Gasteiger partial charge in [-0.25, -0.2) is 18.1 Å². The molecule has 0 fully saturated rings. The average molecular weight is 279 g/mol. The highest BCUT2D eigenvalue weighted by molar-refractivity contribution is 7.89. The molecule has 17 heavy (non-hydrogen) atoms. The highest BCUT2D eigenvalue weighted by Crippen LogP contribution is 2.05. The highest BCUT2D eigenvalue weighted by Gasteiger charge is 2.16. The van der Waals surface area contributed by atoms with E-state index in [1.807, 2.05) is 6.92 Å². The maximum atomic E-state index is 11.7. The van der Waals surface area contributed by atoms with Crippen molar-refractivity contribution in [2.24, 2.45) is 0 Å². The summed E-state index contributed by atoms with van der Waals surface area (Å²) in [6, 6.07) is 0. The lowest BCUT2D eigenvalue weighted by Crippen LogP contribution is -2.27. The van der Waals surface area contributed by atoms with Crippen molar-refractivity contribution in [1.29, 1.82) is 0 Å². The van der Waals surface area contributed by atoms with Crippen molar-refractivity contribution in [2.75, 3.05) is 12.8 Å². The minimum Gasteiger partial charge on any atom is -0.332 e. The van der Waals surface area contributed by atoms with Crippen molar-refractivity contribution in [3.05, 3.63) is 12.0 Å². The van der Waals surface area contributed by atoms with E-state index in [4.69, 9.17) is 0 Å². The number of H-pyrrole nitrogens is 1. The van der Waals surface area contributed by atoms with Crippen LogP contribution < -0.4 is 4.72 Å². The van der Waals surface area contributed by atoms with Crippen LogP contribution in [-0.2, 0) is 20.8 Å². The number of nitrogens with zero attached hydrogens (tertiary/aromatic N) is 1. The molecular formula is C9H17N3O3S2. The van der Waals surface area contributed by atoms with Gasteiger partial charge in [-0.1, -0.05) is 6.92 Å². The molecule has 0 radical (unpaired) electrons. The molecule has 0 aromatic carbocycles. The van der Waals surface area contributed by atoms with E-state index in [2.05, 4.69) is 14.7 Å². The molecule has 0 bridgehead atoms. The molecule has 1 aromatic heterocycles. The molecule has 0 saturated heterocycles. The molecule has 98 valence electrons. The van der Waals surface area contributed by atoms with Crippen LogP contribution in [0.1, 0.15) is 19.2 Å². The molecule has 2 N–H and O–H groups in total. The van der Waals surface area contributed by atoms with E-state index in [0.717, 1.165) is 0 Å². The molecule has 1 aromatic rings. The van der Waals surface area contributed by atoms with Gasteiger partial charge in [0.1, 0.15) is 5.82 Å². The minimum atomic E-state index is -3.53. The third-order valence-electron chi connectivity index (χ3n) is 2.38. The van der Waals surface area contributed by atoms with Crippen molar-refractivity contribution < 1.29 is 12.6 Å². The second kappa shape index (κ2) is 5.74. The van der Waals surface area contributed by atoms with Crippen LogP contribution in [0.5, 0.6) is 0 Å². The Hall–Kier alpha value is -0.730. The molecule has 1 heterocycles. The fourth-order valence-corrected chi connectivity index (χ4v) is 2.64. The first-order valence-corrected chi connectivity index (χ1v) is 8.27. The number of sulfonamides is 1. The summed E-state index contributed by atoms with van der Waals surface area (Å²) in [6.07, 6.45) is 3.42. The van der Waals surface area contributed by atoms with E-state index in [1.165, 1.54) is 6.20 Å². The molecule has 6 nitrogen and oxygen atoms in total. The van der Waals surface area contributed by atoms with Gasteiger partial charge in [-0.05, 0) is 13.3 Å². The van der Waals surface area contributed by atoms with Crippen molar-refractivity contribution in [3.8, 4) is 0 Å². The Morgan fingerprint density at radius 2 is 2.24 bits per heavy atom. The summed E-state index contributed by atoms with van der Waals surface area (Å²) in [6.45, 7) is 3.77. The minimum absolute atomic E-state index is 0.0267. The van der Waals surface area contributed by atoms with Gasteiger partial charge in [0.05, 0.1) is 6.20 Å². The van der Waals surface area contributed by atoms with Crippen LogP contribution in [0.15, 0.2) is 11.2 Å². The summed E-state index contributed by atoms with van der Waals surface area (Å²) in [5, 5.41) is 0.0291. The van der Waals surface area contributed by atoms with Crippen molar-refractivity contribution >= 4 is 20.8 Å². The standard InChI is InChI=1S/C9H17N3O3S2/c1-7(16(3)13)4-5-11-17(14,15)9-6-10-8(2)12-9/h6-7,11H,4-5H2,1-3H3,(H,10,12). The Morgan fingerprint density at radius 1 is 1.59 bits per heavy atom. The molecule has 0 aliphatic carbocycles. The average Bonchev–Trinajstić information content (AvgIpc) is 2.65. The predicted octanol–water partition coefficient (Wildman–Crippen LogP) is 0.154. The fourth-order valence-electron chi connectivity index (χ4n) is 1.18. The first kappa shape index (κ1) is 14.3. The Labute approximate surface area is 104 Å². The number of hydrogen-bond donors (Lipinski definition) is 2. The monoisotopic (exact) mass is 279 g/mol. The summed E-state index contributed by atoms with van der Waals surface area (Å²) in [7, 11) is -4.46. The maximum Gasteiger partial charge on any atom is 0.257 e. The third-order valence-corrected chi connectivity index (χ3v) is 5.12. The van der Waals surface area contributed by atoms with Gasteiger partial charge in [0.15, 0.2) is 5.03 Å². The summed E-state index contributed by atoms with van der Waals surface area (Å²) in [4.78, 5) is 6.49. The number of imidazole rings is 1. The van der Waals surface area contributed by atoms with Gasteiger partial charge in [0.2, 0.25) is 0 Å². The number of hydrogen-bond acceptors (Lipinski definition) is 4. The van der Waals surface area contributed by atoms with Crippen LogP contribution in [-0.4, -0.2) is 40.6 Å². The lowest BCUT2D eigenvalue weighted by Gasteiger charge is -2.08. The Kier molecular flexibility index (Phi) is 4.84. The largest absolute Gasteiger partial charge is 0.332 e. The summed E-state index contributed by atoms with van der Waals surface area (Å²) < 4.78 is 37.0. The Balaban J connectivity index is 2.54. The summed E-state index contributed by atoms with van der Waals surface area (Å²) in [5.74, 6) is 0.549. The fraction of sp³-hybridized carbons (Fsp3) is 0.667. The quantitative estimate of drug-likeness (QED) is 0.775. The Bertz CT molecular complexity index is 495. The van der Waals surface area contributed by atoms with Crippen molar-refractivity contribution in [3.63, 3.8) is 0 Å². The van der Waals surface area contributed by atoms with E-state index in [-0.39, 0.29) is 16.8 Å². The highest BCUT2D eigenvalue weighted by atomic mass is 32.2. The zero-order chi connectivity index (χ0) is 13.1. The first-order valence-electron chi connectivity index (χ1n) is 5.16. The van der Waals surface area contributed by atoms with Gasteiger partial charge in [-0.2, -0.15) is 0 Å². The molecule has 2 atom stereocenters. The molecule has 2 unspecified atom stereocenters. The smallest absolute Gasteiger partial charge is 0.257 e. The summed E-state index contributed by atoms with van der Waals surface area (Å²) in [5.41, 5.74) is 0. The lowest BCUT2D eigenvalue weighted by molar-refractivity contribution is 0.574. The van der Waals surface area contributed by atoms with E-state index in [9.17, 15) is 12.6 Å². The number of aromatic nitrogens is 2. The zero-order valence-electron chi connectivity index (χ0n) is 10.1. The van der Waals surface area contributed by atoms with Gasteiger partial charge in [0, 0.05) is 28.9 Å². The van der Waals surface area contributed by atoms with Gasteiger partial charge in [-0.15, -0.1) is 0 Å². The second-order valence-electron chi connectivity index (χ2n) is 3.83. The van der Waals surface area contributed by atoms with E-state index < -0.39 is 20.8 Å². The van der Waals surface area contributed by atoms with Crippen LogP contribution >= 0.6 is 0 Å². The second-order valence-corrected chi connectivity index (χ2v) is 7.37. The molecule has 0 aliphatic rings. The number of rotatable bonds is 6. The van der Waals surface area contributed by atoms with Gasteiger partial charge >= 0.3 is 0 Å². The first-order chi connectivity index (χ1) is 7.83. The predicted molar refractivity (Wildman–Crippen MR) is 66.7 cm³/mol. The van der Waals surface area contributed by atoms with E-state index in [0.29, 0.717) is 12.2 Å². The number of aryl methyl sites for hydroxylation is 1. The van der Waals surface area contributed by atoms with E-state index in [1.54, 1.807) is 13.2 Å². The molecule has 0 aliphatic heterocycles. The topological polar surface area (TPSA) is 91.9 Å². The Morgan fingerprint density at radius 3 is 2.71 bits per heavy atom. The molecule has 0 spiro atoms. The van der Waals surface area contributed by atoms with E-state index >= 15 is 0 Å². The SMILES string of the molecule is Cc1ncc(S(=O)(=O)NCCC(C)S(C)=O)[nH]1. The molecular weight excluding hydrogens is 262 g/mol. The zero-order valence-corrected chi connectivity index (χ0v) is 11.7. The molecule has 0 saturated carbocycles. The number of aromatic amines is 1. The van der Waals surface area contributed by atoms with Crippen molar-refractivity contribution in [2.45, 2.75) is 30.5 Å². The third kappa shape index (κ3) is 4.21. The number of nitrogens with one attached hydrogen (secondary N) is 2. The van der Waals surface area contributed by atoms with Crippen LogP contribution in [0.4, 0.5) is 0 Å². The van der Waals surface area contributed by atoms with Gasteiger partial charge in [0.25, 0.3) is 10.0 Å². The van der Waals surface area contributed by atoms with Crippen LogP contribution in [0.25, 0.3) is 0 Å². The van der Waals surface area contributed by atoms with Crippen molar-refractivity contribution in [1.82, 2.24) is 14.7 Å². The molecule has 0 amide bonds. The van der Waals surface area contributed by atoms with Gasteiger partial charge in [-0.3, -0.25) is 4.21 Å². The van der Waals surface area contributed by atoms with Crippen LogP contribution in [0.3, 0.4) is 0 Å².